The number of halogens is 3. The zero-order chi connectivity index (χ0) is 16.2. The average Bonchev–Trinajstić information content (AvgIpc) is 2.48. The molecule has 0 spiro atoms. The van der Waals surface area contributed by atoms with Crippen molar-refractivity contribution in [3.63, 3.8) is 0 Å². The van der Waals surface area contributed by atoms with Crippen LogP contribution in [0.1, 0.15) is 18.1 Å². The van der Waals surface area contributed by atoms with Crippen LogP contribution in [-0.2, 0) is 12.7 Å². The number of nitrogens with one attached hydrogen (secondary N) is 2. The Kier molecular flexibility index (Phi) is 5.63. The van der Waals surface area contributed by atoms with Gasteiger partial charge < -0.3 is 15.1 Å². The largest absolute Gasteiger partial charge is 0.416 e. The third kappa shape index (κ3) is 4.58. The number of alkyl halides is 3. The van der Waals surface area contributed by atoms with E-state index in [9.17, 15) is 13.2 Å². The minimum Gasteiger partial charge on any atom is -0.363 e. The zero-order valence-electron chi connectivity index (χ0n) is 12.5. The highest BCUT2D eigenvalue weighted by molar-refractivity contribution is 7.80. The van der Waals surface area contributed by atoms with E-state index in [1.54, 1.807) is 6.07 Å². The Labute approximate surface area is 134 Å². The molecule has 0 saturated carbocycles. The Morgan fingerprint density at radius 1 is 1.32 bits per heavy atom. The molecule has 1 aliphatic heterocycles. The van der Waals surface area contributed by atoms with Crippen molar-refractivity contribution in [3.8, 4) is 0 Å². The molecule has 1 aromatic carbocycles. The van der Waals surface area contributed by atoms with E-state index >= 15 is 0 Å². The second-order valence-corrected chi connectivity index (χ2v) is 5.83. The smallest absolute Gasteiger partial charge is 0.363 e. The van der Waals surface area contributed by atoms with Crippen LogP contribution in [0, 0.1) is 0 Å². The van der Waals surface area contributed by atoms with Crippen molar-refractivity contribution < 1.29 is 18.1 Å². The first-order valence-corrected chi connectivity index (χ1v) is 7.83. The standard InChI is InChI=1S/C15H20F3N3S/c1-2-19-14(22)21-8-6-20(7-9-21)11-12-4-3-5-13(10-12)15(16,17)18/h3-5,10H,2,6-9,11H2,1H3,(H,19,22)/p+1. The molecule has 2 N–H and O–H groups in total. The van der Waals surface area contributed by atoms with E-state index in [-0.39, 0.29) is 0 Å². The van der Waals surface area contributed by atoms with E-state index in [0.29, 0.717) is 6.54 Å². The van der Waals surface area contributed by atoms with Crippen LogP contribution in [0.25, 0.3) is 0 Å². The molecule has 1 fully saturated rings. The summed E-state index contributed by atoms with van der Waals surface area (Å²) in [7, 11) is 0. The third-order valence-corrected chi connectivity index (χ3v) is 4.20. The number of hydrogen-bond acceptors (Lipinski definition) is 1. The first-order valence-electron chi connectivity index (χ1n) is 7.42. The topological polar surface area (TPSA) is 19.7 Å². The predicted octanol–water partition coefficient (Wildman–Crippen LogP) is 1.30. The number of quaternary nitrogens is 1. The second kappa shape index (κ2) is 7.28. The van der Waals surface area contributed by atoms with E-state index in [2.05, 4.69) is 10.2 Å². The molecule has 0 unspecified atom stereocenters. The summed E-state index contributed by atoms with van der Waals surface area (Å²) >= 11 is 5.28. The van der Waals surface area contributed by atoms with Gasteiger partial charge in [0.2, 0.25) is 0 Å². The molecule has 0 atom stereocenters. The number of piperazine rings is 1. The normalized spacial score (nSPS) is 16.6. The molecule has 0 radical (unpaired) electrons. The molecule has 0 aromatic heterocycles. The molecule has 1 aliphatic rings. The molecule has 0 amide bonds. The van der Waals surface area contributed by atoms with Crippen molar-refractivity contribution >= 4 is 17.3 Å². The Morgan fingerprint density at radius 3 is 2.59 bits per heavy atom. The molecule has 122 valence electrons. The summed E-state index contributed by atoms with van der Waals surface area (Å²) < 4.78 is 38.2. The number of rotatable bonds is 3. The van der Waals surface area contributed by atoms with Gasteiger partial charge in [-0.25, -0.2) is 0 Å². The van der Waals surface area contributed by atoms with Crippen LogP contribution in [-0.4, -0.2) is 42.7 Å². The fourth-order valence-electron chi connectivity index (χ4n) is 2.61. The average molecular weight is 332 g/mol. The first kappa shape index (κ1) is 17.0. The predicted molar refractivity (Wildman–Crippen MR) is 83.7 cm³/mol. The molecule has 1 heterocycles. The minimum absolute atomic E-state index is 0.573. The molecule has 0 bridgehead atoms. The lowest BCUT2D eigenvalue weighted by molar-refractivity contribution is -0.917. The number of hydrogen-bond donors (Lipinski definition) is 2. The number of nitrogens with zero attached hydrogens (tertiary/aromatic N) is 1. The van der Waals surface area contributed by atoms with Crippen molar-refractivity contribution in [3.05, 3.63) is 35.4 Å². The van der Waals surface area contributed by atoms with Gasteiger partial charge in [-0.1, -0.05) is 12.1 Å². The van der Waals surface area contributed by atoms with Gasteiger partial charge in [-0.3, -0.25) is 0 Å². The van der Waals surface area contributed by atoms with Gasteiger partial charge in [0.05, 0.1) is 31.7 Å². The van der Waals surface area contributed by atoms with Gasteiger partial charge in [0.15, 0.2) is 5.11 Å². The number of benzene rings is 1. The Hall–Kier alpha value is -1.34. The fraction of sp³-hybridized carbons (Fsp3) is 0.533. The molecule has 22 heavy (non-hydrogen) atoms. The van der Waals surface area contributed by atoms with E-state index in [4.69, 9.17) is 12.2 Å². The van der Waals surface area contributed by atoms with E-state index in [1.165, 1.54) is 17.0 Å². The van der Waals surface area contributed by atoms with Gasteiger partial charge in [-0.15, -0.1) is 0 Å². The fourth-order valence-corrected chi connectivity index (χ4v) is 2.94. The molecule has 2 rings (SSSR count). The first-order chi connectivity index (χ1) is 10.4. The SMILES string of the molecule is CCNC(=S)N1CC[NH+](Cc2cccc(C(F)(F)F)c2)CC1. The van der Waals surface area contributed by atoms with E-state index in [1.807, 2.05) is 6.92 Å². The van der Waals surface area contributed by atoms with E-state index in [0.717, 1.165) is 49.5 Å². The van der Waals surface area contributed by atoms with Crippen LogP contribution in [0.5, 0.6) is 0 Å². The van der Waals surface area contributed by atoms with Gasteiger partial charge in [0.1, 0.15) is 6.54 Å². The van der Waals surface area contributed by atoms with Crippen molar-refractivity contribution in [1.29, 1.82) is 0 Å². The van der Waals surface area contributed by atoms with Gasteiger partial charge in [0, 0.05) is 12.1 Å². The lowest BCUT2D eigenvalue weighted by atomic mass is 10.1. The molecular formula is C15H21F3N3S+. The lowest BCUT2D eigenvalue weighted by Gasteiger charge is -2.33. The van der Waals surface area contributed by atoms with Gasteiger partial charge >= 0.3 is 6.18 Å². The highest BCUT2D eigenvalue weighted by atomic mass is 32.1. The summed E-state index contributed by atoms with van der Waals surface area (Å²) in [4.78, 5) is 3.41. The summed E-state index contributed by atoms with van der Waals surface area (Å²) in [6.45, 7) is 6.84. The van der Waals surface area contributed by atoms with Crippen molar-refractivity contribution in [1.82, 2.24) is 10.2 Å². The highest BCUT2D eigenvalue weighted by Gasteiger charge is 2.30. The maximum atomic E-state index is 12.7. The summed E-state index contributed by atoms with van der Waals surface area (Å²) in [5.41, 5.74) is 0.156. The maximum Gasteiger partial charge on any atom is 0.416 e. The van der Waals surface area contributed by atoms with Crippen molar-refractivity contribution in [2.24, 2.45) is 0 Å². The number of thiocarbonyl (C=S) groups is 1. The molecule has 7 heteroatoms. The molecule has 3 nitrogen and oxygen atoms in total. The second-order valence-electron chi connectivity index (χ2n) is 5.45. The summed E-state index contributed by atoms with van der Waals surface area (Å²) in [5.74, 6) is 0. The Bertz CT molecular complexity index is 511. The van der Waals surface area contributed by atoms with Crippen LogP contribution in [0.3, 0.4) is 0 Å². The van der Waals surface area contributed by atoms with Crippen molar-refractivity contribution in [2.45, 2.75) is 19.6 Å². The highest BCUT2D eigenvalue weighted by Crippen LogP contribution is 2.29. The van der Waals surface area contributed by atoms with Crippen LogP contribution in [0.4, 0.5) is 13.2 Å². The van der Waals surface area contributed by atoms with Gasteiger partial charge in [-0.05, 0) is 31.3 Å². The van der Waals surface area contributed by atoms with Gasteiger partial charge in [-0.2, -0.15) is 13.2 Å². The maximum absolute atomic E-state index is 12.7. The van der Waals surface area contributed by atoms with E-state index < -0.39 is 11.7 Å². The molecule has 0 aliphatic carbocycles. The van der Waals surface area contributed by atoms with Crippen LogP contribution in [0.15, 0.2) is 24.3 Å². The van der Waals surface area contributed by atoms with Gasteiger partial charge in [0.25, 0.3) is 0 Å². The molecular weight excluding hydrogens is 311 g/mol. The minimum atomic E-state index is -4.28. The Balaban J connectivity index is 1.90. The zero-order valence-corrected chi connectivity index (χ0v) is 13.4. The molecule has 1 saturated heterocycles. The third-order valence-electron chi connectivity index (χ3n) is 3.79. The molecule has 1 aromatic rings. The van der Waals surface area contributed by atoms with Crippen LogP contribution >= 0.6 is 12.2 Å². The van der Waals surface area contributed by atoms with Crippen molar-refractivity contribution in [2.75, 3.05) is 32.7 Å². The lowest BCUT2D eigenvalue weighted by Crippen LogP contribution is -3.13. The summed E-state index contributed by atoms with van der Waals surface area (Å²) in [5, 5.41) is 3.89. The summed E-state index contributed by atoms with van der Waals surface area (Å²) in [6.07, 6.45) is -4.28. The summed E-state index contributed by atoms with van der Waals surface area (Å²) in [6, 6.07) is 5.61. The van der Waals surface area contributed by atoms with Crippen LogP contribution in [0.2, 0.25) is 0 Å². The van der Waals surface area contributed by atoms with Crippen LogP contribution < -0.4 is 10.2 Å². The Morgan fingerprint density at radius 2 is 2.00 bits per heavy atom. The monoisotopic (exact) mass is 332 g/mol. The quantitative estimate of drug-likeness (QED) is 0.814.